The second-order valence-electron chi connectivity index (χ2n) is 3.45. The van der Waals surface area contributed by atoms with Gasteiger partial charge in [-0.3, -0.25) is 0 Å². The van der Waals surface area contributed by atoms with Gasteiger partial charge in [-0.15, -0.1) is 0 Å². The van der Waals surface area contributed by atoms with Gasteiger partial charge in [0.15, 0.2) is 0 Å². The molecule has 3 nitrogen and oxygen atoms in total. The minimum atomic E-state index is -3.65. The molecular weight excluding hydrogens is 241 g/mol. The number of benzene rings is 2. The van der Waals surface area contributed by atoms with E-state index in [4.69, 9.17) is 5.73 Å². The Hall–Kier alpha value is -1.88. The van der Waals surface area contributed by atoms with Crippen molar-refractivity contribution in [1.82, 2.24) is 5.73 Å². The molecule has 2 aromatic carbocycles. The van der Waals surface area contributed by atoms with E-state index in [0.29, 0.717) is 0 Å². The van der Waals surface area contributed by atoms with E-state index in [1.54, 1.807) is 0 Å². The smallest absolute Gasteiger partial charge is 0.206 e. The van der Waals surface area contributed by atoms with Gasteiger partial charge in [0.2, 0.25) is 9.84 Å². The molecule has 0 amide bonds. The zero-order chi connectivity index (χ0) is 12.5. The number of halogens is 1. The Labute approximate surface area is 98.6 Å². The zero-order valence-electron chi connectivity index (χ0n) is 8.67. The Bertz CT molecular complexity index is 567. The van der Waals surface area contributed by atoms with Crippen LogP contribution in [0.25, 0.3) is 0 Å². The van der Waals surface area contributed by atoms with Gasteiger partial charge in [-0.1, -0.05) is 0 Å². The van der Waals surface area contributed by atoms with E-state index in [2.05, 4.69) is 0 Å². The van der Waals surface area contributed by atoms with Gasteiger partial charge in [-0.2, -0.15) is 5.73 Å². The van der Waals surface area contributed by atoms with Crippen molar-refractivity contribution in [3.05, 3.63) is 54.3 Å². The molecule has 0 aromatic heterocycles. The predicted molar refractivity (Wildman–Crippen MR) is 60.1 cm³/mol. The highest BCUT2D eigenvalue weighted by Gasteiger charge is 2.17. The molecule has 0 spiro atoms. The van der Waals surface area contributed by atoms with Crippen LogP contribution in [0.3, 0.4) is 0 Å². The van der Waals surface area contributed by atoms with Crippen molar-refractivity contribution in [2.75, 3.05) is 0 Å². The zero-order valence-corrected chi connectivity index (χ0v) is 9.49. The van der Waals surface area contributed by atoms with Gasteiger partial charge in [0, 0.05) is 0 Å². The lowest BCUT2D eigenvalue weighted by Crippen LogP contribution is -2.01. The molecule has 17 heavy (non-hydrogen) atoms. The summed E-state index contributed by atoms with van der Waals surface area (Å²) in [6, 6.07) is 9.77. The van der Waals surface area contributed by atoms with Crippen LogP contribution in [-0.2, 0) is 9.84 Å². The Balaban J connectivity index is 2.50. The number of hydrogen-bond acceptors (Lipinski definition) is 2. The molecule has 0 unspecified atom stereocenters. The van der Waals surface area contributed by atoms with Crippen LogP contribution in [0.4, 0.5) is 10.1 Å². The summed E-state index contributed by atoms with van der Waals surface area (Å²) in [6.07, 6.45) is 0. The SMILES string of the molecule is [N]c1ccc(S(=O)(=O)c2ccc(F)cc2)cc1. The summed E-state index contributed by atoms with van der Waals surface area (Å²) >= 11 is 0. The Morgan fingerprint density at radius 2 is 1.24 bits per heavy atom. The van der Waals surface area contributed by atoms with Crippen LogP contribution in [0.5, 0.6) is 0 Å². The lowest BCUT2D eigenvalue weighted by Gasteiger charge is -2.04. The average molecular weight is 249 g/mol. The summed E-state index contributed by atoms with van der Waals surface area (Å²) < 4.78 is 36.8. The van der Waals surface area contributed by atoms with Crippen molar-refractivity contribution in [2.24, 2.45) is 0 Å². The second kappa shape index (κ2) is 4.18. The van der Waals surface area contributed by atoms with Gasteiger partial charge < -0.3 is 0 Å². The van der Waals surface area contributed by atoms with Gasteiger partial charge in [0.25, 0.3) is 0 Å². The first kappa shape index (κ1) is 11.6. The summed E-state index contributed by atoms with van der Waals surface area (Å²) in [5, 5.41) is 0. The summed E-state index contributed by atoms with van der Waals surface area (Å²) in [7, 11) is -3.65. The molecule has 0 aliphatic rings. The van der Waals surface area contributed by atoms with E-state index in [-0.39, 0.29) is 15.5 Å². The molecule has 2 aromatic rings. The van der Waals surface area contributed by atoms with Gasteiger partial charge in [-0.25, -0.2) is 12.8 Å². The summed E-state index contributed by atoms with van der Waals surface area (Å²) in [6.45, 7) is 0. The Kier molecular flexibility index (Phi) is 2.85. The van der Waals surface area contributed by atoms with Crippen LogP contribution in [0.1, 0.15) is 0 Å². The molecule has 0 aliphatic heterocycles. The molecule has 0 heterocycles. The fourth-order valence-electron chi connectivity index (χ4n) is 1.38. The third-order valence-corrected chi connectivity index (χ3v) is 4.06. The standard InChI is InChI=1S/C12H8FNO2S/c13-9-1-5-11(6-2-9)17(15,16)12-7-3-10(14)4-8-12/h1-8H. The highest BCUT2D eigenvalue weighted by atomic mass is 32.2. The van der Waals surface area contributed by atoms with E-state index < -0.39 is 15.7 Å². The fraction of sp³-hybridized carbons (Fsp3) is 0. The maximum atomic E-state index is 12.7. The van der Waals surface area contributed by atoms with Crippen molar-refractivity contribution in [3.8, 4) is 0 Å². The van der Waals surface area contributed by atoms with Crippen LogP contribution < -0.4 is 5.73 Å². The highest BCUT2D eigenvalue weighted by Crippen LogP contribution is 2.21. The van der Waals surface area contributed by atoms with Gasteiger partial charge in [0.05, 0.1) is 15.5 Å². The lowest BCUT2D eigenvalue weighted by atomic mass is 10.3. The molecule has 0 aliphatic carbocycles. The van der Waals surface area contributed by atoms with Crippen LogP contribution >= 0.6 is 0 Å². The maximum absolute atomic E-state index is 12.7. The van der Waals surface area contributed by atoms with Gasteiger partial charge in [-0.05, 0) is 48.5 Å². The van der Waals surface area contributed by atoms with E-state index in [9.17, 15) is 12.8 Å². The lowest BCUT2D eigenvalue weighted by molar-refractivity contribution is 0.595. The van der Waals surface area contributed by atoms with Crippen molar-refractivity contribution >= 4 is 15.5 Å². The first-order valence-electron chi connectivity index (χ1n) is 4.80. The second-order valence-corrected chi connectivity index (χ2v) is 5.40. The van der Waals surface area contributed by atoms with Crippen LogP contribution in [0, 0.1) is 5.82 Å². The molecular formula is C12H8FNO2S. The van der Waals surface area contributed by atoms with E-state index in [1.165, 1.54) is 36.4 Å². The van der Waals surface area contributed by atoms with E-state index in [1.807, 2.05) is 0 Å². The maximum Gasteiger partial charge on any atom is 0.206 e. The van der Waals surface area contributed by atoms with E-state index >= 15 is 0 Å². The van der Waals surface area contributed by atoms with Crippen LogP contribution in [0.2, 0.25) is 0 Å². The molecule has 2 rings (SSSR count). The first-order chi connectivity index (χ1) is 8.00. The van der Waals surface area contributed by atoms with Crippen molar-refractivity contribution in [1.29, 1.82) is 0 Å². The third-order valence-electron chi connectivity index (χ3n) is 2.27. The normalized spacial score (nSPS) is 11.4. The minimum Gasteiger partial charge on any atom is -0.219 e. The topological polar surface area (TPSA) is 56.4 Å². The average Bonchev–Trinajstić information content (AvgIpc) is 2.30. The Morgan fingerprint density at radius 1 is 0.824 bits per heavy atom. The summed E-state index contributed by atoms with van der Waals surface area (Å²) in [5.41, 5.74) is 9.07. The van der Waals surface area contributed by atoms with Crippen LogP contribution in [0.15, 0.2) is 58.3 Å². The molecule has 5 heteroatoms. The predicted octanol–water partition coefficient (Wildman–Crippen LogP) is 2.36. The number of nitrogens with zero attached hydrogens (tertiary/aromatic N) is 1. The minimum absolute atomic E-state index is 0.0111. The number of hydrogen-bond donors (Lipinski definition) is 0. The number of sulfone groups is 1. The molecule has 0 atom stereocenters. The Morgan fingerprint density at radius 3 is 1.71 bits per heavy atom. The first-order valence-corrected chi connectivity index (χ1v) is 6.28. The molecule has 0 saturated carbocycles. The largest absolute Gasteiger partial charge is 0.219 e. The monoisotopic (exact) mass is 249 g/mol. The number of rotatable bonds is 2. The summed E-state index contributed by atoms with van der Waals surface area (Å²) in [4.78, 5) is 0.0755. The van der Waals surface area contributed by atoms with Crippen LogP contribution in [-0.4, -0.2) is 8.42 Å². The molecule has 2 radical (unpaired) electrons. The quantitative estimate of drug-likeness (QED) is 0.767. The molecule has 0 fully saturated rings. The van der Waals surface area contributed by atoms with Gasteiger partial charge in [0.1, 0.15) is 5.82 Å². The highest BCUT2D eigenvalue weighted by molar-refractivity contribution is 7.91. The summed E-state index contributed by atoms with van der Waals surface area (Å²) in [5.74, 6) is -0.491. The van der Waals surface area contributed by atoms with Gasteiger partial charge >= 0.3 is 0 Å². The third kappa shape index (κ3) is 2.29. The van der Waals surface area contributed by atoms with Crippen molar-refractivity contribution in [3.63, 3.8) is 0 Å². The molecule has 86 valence electrons. The molecule has 0 saturated heterocycles. The molecule has 0 N–H and O–H groups in total. The fourth-order valence-corrected chi connectivity index (χ4v) is 2.64. The molecule has 0 bridgehead atoms. The van der Waals surface area contributed by atoms with Crippen molar-refractivity contribution in [2.45, 2.75) is 9.79 Å². The van der Waals surface area contributed by atoms with Crippen molar-refractivity contribution < 1.29 is 12.8 Å². The van der Waals surface area contributed by atoms with E-state index in [0.717, 1.165) is 12.1 Å².